The fraction of sp³-hybridized carbons (Fsp3) is 0.135. The maximum absolute atomic E-state index is 4.48. The lowest BCUT2D eigenvalue weighted by Gasteiger charge is -2.36. The van der Waals surface area contributed by atoms with E-state index in [0.717, 1.165) is 18.6 Å². The van der Waals surface area contributed by atoms with Gasteiger partial charge in [-0.25, -0.2) is 0 Å². The molecule has 0 aliphatic carbocycles. The molecular formula is C37H34S. The minimum atomic E-state index is -0.290. The van der Waals surface area contributed by atoms with Crippen LogP contribution < -0.4 is 0 Å². The Morgan fingerprint density at radius 3 is 1.39 bits per heavy atom. The lowest BCUT2D eigenvalue weighted by atomic mass is 9.84. The predicted molar refractivity (Wildman–Crippen MR) is 166 cm³/mol. The molecule has 0 aliphatic rings. The fourth-order valence-corrected chi connectivity index (χ4v) is 6.94. The number of rotatable bonds is 11. The zero-order valence-corrected chi connectivity index (χ0v) is 22.6. The highest BCUT2D eigenvalue weighted by molar-refractivity contribution is 8.00. The standard InChI is InChI=1S/C37H34S/c1-30(31-17-7-2-8-18-31)29-33(32-19-9-3-10-20-32)27-28-38-37(34-21-11-4-12-22-34,35-23-13-5-14-24-35)36-25-15-6-16-26-36/h2-26,33H,1,27-29H2. The molecule has 38 heavy (non-hydrogen) atoms. The molecular weight excluding hydrogens is 476 g/mol. The quantitative estimate of drug-likeness (QED) is 0.159. The molecule has 5 rings (SSSR count). The maximum atomic E-state index is 4.48. The molecule has 0 heterocycles. The van der Waals surface area contributed by atoms with Crippen molar-refractivity contribution in [3.8, 4) is 0 Å². The average Bonchev–Trinajstić information content (AvgIpc) is 3.01. The van der Waals surface area contributed by atoms with Gasteiger partial charge >= 0.3 is 0 Å². The van der Waals surface area contributed by atoms with Crippen molar-refractivity contribution in [1.82, 2.24) is 0 Å². The van der Waals surface area contributed by atoms with Gasteiger partial charge in [0.1, 0.15) is 0 Å². The summed E-state index contributed by atoms with van der Waals surface area (Å²) < 4.78 is -0.290. The Labute approximate surface area is 232 Å². The SMILES string of the molecule is C=C(CC(CCSC(c1ccccc1)(c1ccccc1)c1ccccc1)c1ccccc1)c1ccccc1. The van der Waals surface area contributed by atoms with Crippen LogP contribution >= 0.6 is 11.8 Å². The average molecular weight is 511 g/mol. The molecule has 0 nitrogen and oxygen atoms in total. The molecule has 1 unspecified atom stereocenters. The summed E-state index contributed by atoms with van der Waals surface area (Å²) in [4.78, 5) is 0. The zero-order chi connectivity index (χ0) is 26.0. The van der Waals surface area contributed by atoms with Crippen LogP contribution in [0.5, 0.6) is 0 Å². The van der Waals surface area contributed by atoms with Gasteiger partial charge in [0.05, 0.1) is 4.75 Å². The zero-order valence-electron chi connectivity index (χ0n) is 21.7. The van der Waals surface area contributed by atoms with Crippen LogP contribution in [0, 0.1) is 0 Å². The van der Waals surface area contributed by atoms with E-state index in [1.54, 1.807) is 0 Å². The second-order valence-electron chi connectivity index (χ2n) is 9.70. The minimum absolute atomic E-state index is 0.290. The number of hydrogen-bond donors (Lipinski definition) is 0. The Kier molecular flexibility index (Phi) is 8.58. The Balaban J connectivity index is 1.48. The van der Waals surface area contributed by atoms with Crippen molar-refractivity contribution in [2.75, 3.05) is 5.75 Å². The van der Waals surface area contributed by atoms with Gasteiger partial charge in [-0.2, -0.15) is 0 Å². The van der Waals surface area contributed by atoms with E-state index in [0.29, 0.717) is 5.92 Å². The highest BCUT2D eigenvalue weighted by Crippen LogP contribution is 2.49. The van der Waals surface area contributed by atoms with Gasteiger partial charge < -0.3 is 0 Å². The maximum Gasteiger partial charge on any atom is 0.0906 e. The van der Waals surface area contributed by atoms with E-state index < -0.39 is 0 Å². The Bertz CT molecular complexity index is 1300. The van der Waals surface area contributed by atoms with Gasteiger partial charge in [0.25, 0.3) is 0 Å². The number of thioether (sulfide) groups is 1. The summed E-state index contributed by atoms with van der Waals surface area (Å²) in [5.74, 6) is 1.41. The third kappa shape index (κ3) is 5.85. The molecule has 0 saturated carbocycles. The van der Waals surface area contributed by atoms with E-state index in [9.17, 15) is 0 Å². The first-order valence-electron chi connectivity index (χ1n) is 13.4. The molecule has 0 spiro atoms. The van der Waals surface area contributed by atoms with Crippen LogP contribution in [0.25, 0.3) is 5.57 Å². The molecule has 0 radical (unpaired) electrons. The first-order chi connectivity index (χ1) is 18.8. The van der Waals surface area contributed by atoms with Gasteiger partial charge in [0.2, 0.25) is 0 Å². The highest BCUT2D eigenvalue weighted by atomic mass is 32.2. The van der Waals surface area contributed by atoms with Crippen molar-refractivity contribution < 1.29 is 0 Å². The fourth-order valence-electron chi connectivity index (χ4n) is 5.32. The molecule has 0 saturated heterocycles. The summed E-state index contributed by atoms with van der Waals surface area (Å²) in [5, 5.41) is 0. The van der Waals surface area contributed by atoms with E-state index in [1.165, 1.54) is 33.4 Å². The lowest BCUT2D eigenvalue weighted by molar-refractivity contribution is 0.687. The molecule has 1 heteroatoms. The number of hydrogen-bond acceptors (Lipinski definition) is 1. The van der Waals surface area contributed by atoms with Crippen LogP contribution in [0.15, 0.2) is 158 Å². The molecule has 0 fully saturated rings. The van der Waals surface area contributed by atoms with Crippen molar-refractivity contribution in [1.29, 1.82) is 0 Å². The van der Waals surface area contributed by atoms with E-state index in [1.807, 2.05) is 11.8 Å². The first-order valence-corrected chi connectivity index (χ1v) is 14.3. The summed E-state index contributed by atoms with van der Waals surface area (Å²) in [5.41, 5.74) is 7.75. The largest absolute Gasteiger partial charge is 0.141 e. The third-order valence-electron chi connectivity index (χ3n) is 7.27. The van der Waals surface area contributed by atoms with Crippen molar-refractivity contribution in [2.24, 2.45) is 0 Å². The van der Waals surface area contributed by atoms with Crippen molar-refractivity contribution >= 4 is 17.3 Å². The summed E-state index contributed by atoms with van der Waals surface area (Å²) in [6, 6.07) is 54.5. The van der Waals surface area contributed by atoms with Gasteiger partial charge in [0.15, 0.2) is 0 Å². The molecule has 188 valence electrons. The van der Waals surface area contributed by atoms with Crippen LogP contribution in [-0.4, -0.2) is 5.75 Å². The highest BCUT2D eigenvalue weighted by Gasteiger charge is 2.36. The number of benzene rings is 5. The van der Waals surface area contributed by atoms with Crippen LogP contribution in [0.4, 0.5) is 0 Å². The molecule has 0 aromatic heterocycles. The molecule has 5 aromatic rings. The summed E-state index contributed by atoms with van der Waals surface area (Å²) in [7, 11) is 0. The van der Waals surface area contributed by atoms with Gasteiger partial charge in [-0.3, -0.25) is 0 Å². The van der Waals surface area contributed by atoms with Gasteiger partial charge in [-0.05, 0) is 57.9 Å². The minimum Gasteiger partial charge on any atom is -0.141 e. The predicted octanol–water partition coefficient (Wildman–Crippen LogP) is 9.99. The number of allylic oxidation sites excluding steroid dienone is 1. The van der Waals surface area contributed by atoms with Gasteiger partial charge in [-0.1, -0.05) is 158 Å². The van der Waals surface area contributed by atoms with Crippen LogP contribution in [0.2, 0.25) is 0 Å². The van der Waals surface area contributed by atoms with E-state index in [4.69, 9.17) is 0 Å². The summed E-state index contributed by atoms with van der Waals surface area (Å²) >= 11 is 2.04. The van der Waals surface area contributed by atoms with Crippen LogP contribution in [0.1, 0.15) is 46.6 Å². The monoisotopic (exact) mass is 510 g/mol. The van der Waals surface area contributed by atoms with E-state index in [2.05, 4.69) is 158 Å². The van der Waals surface area contributed by atoms with Gasteiger partial charge in [-0.15, -0.1) is 11.8 Å². The molecule has 5 aromatic carbocycles. The van der Waals surface area contributed by atoms with Crippen molar-refractivity contribution in [3.05, 3.63) is 186 Å². The molecule has 0 aliphatic heterocycles. The van der Waals surface area contributed by atoms with Crippen LogP contribution in [0.3, 0.4) is 0 Å². The van der Waals surface area contributed by atoms with Crippen molar-refractivity contribution in [3.63, 3.8) is 0 Å². The van der Waals surface area contributed by atoms with Crippen molar-refractivity contribution in [2.45, 2.75) is 23.5 Å². The van der Waals surface area contributed by atoms with E-state index >= 15 is 0 Å². The molecule has 0 N–H and O–H groups in total. The molecule has 0 bridgehead atoms. The van der Waals surface area contributed by atoms with Gasteiger partial charge in [0, 0.05) is 0 Å². The van der Waals surface area contributed by atoms with Crippen LogP contribution in [-0.2, 0) is 4.75 Å². The summed E-state index contributed by atoms with van der Waals surface area (Å²) in [6.45, 7) is 4.48. The second kappa shape index (κ2) is 12.6. The smallest absolute Gasteiger partial charge is 0.0906 e. The normalized spacial score (nSPS) is 12.1. The third-order valence-corrected chi connectivity index (χ3v) is 8.85. The Hall–Kier alpha value is -3.81. The topological polar surface area (TPSA) is 0 Å². The Morgan fingerprint density at radius 2 is 0.947 bits per heavy atom. The summed E-state index contributed by atoms with van der Waals surface area (Å²) in [6.07, 6.45) is 2.01. The molecule has 0 amide bonds. The molecule has 1 atom stereocenters. The second-order valence-corrected chi connectivity index (χ2v) is 11.0. The Morgan fingerprint density at radius 1 is 0.553 bits per heavy atom. The lowest BCUT2D eigenvalue weighted by Crippen LogP contribution is -2.26. The first kappa shape index (κ1) is 25.8. The van der Waals surface area contributed by atoms with E-state index in [-0.39, 0.29) is 4.75 Å².